The molecule has 0 aliphatic carbocycles. The maximum atomic E-state index is 12.7. The summed E-state index contributed by atoms with van der Waals surface area (Å²) in [6.45, 7) is 10.0. The second-order valence-corrected chi connectivity index (χ2v) is 14.6. The Labute approximate surface area is 364 Å². The van der Waals surface area contributed by atoms with E-state index in [4.69, 9.17) is 32.7 Å². The first kappa shape index (κ1) is 49.0. The van der Waals surface area contributed by atoms with Gasteiger partial charge >= 0.3 is 18.9 Å². The van der Waals surface area contributed by atoms with Crippen molar-refractivity contribution in [2.24, 2.45) is 11.8 Å². The van der Waals surface area contributed by atoms with Gasteiger partial charge in [0.15, 0.2) is 10.3 Å². The molecule has 2 aliphatic rings. The van der Waals surface area contributed by atoms with Crippen LogP contribution < -0.4 is 49.4 Å². The number of methoxy groups -OCH3 is 2. The summed E-state index contributed by atoms with van der Waals surface area (Å²) in [6, 6.07) is 0. The SMILES string of the molecule is C=CC(=O)Nc1ncc(C(=O)N2CC[C@@H](Cc3ncc(Cl)c(OC)n3)C2)s1.C=CC(=O)Nc1ncc(C(=O)[O-])s1.COc1nc(C[C@@H]2CCNC2)ncc1Cl.Cl.[Li+]. The number of aromatic nitrogens is 6. The largest absolute Gasteiger partial charge is 1.00 e. The minimum absolute atomic E-state index is 0. The van der Waals surface area contributed by atoms with Crippen molar-refractivity contribution in [3.63, 3.8) is 0 Å². The molecule has 3 amide bonds. The van der Waals surface area contributed by atoms with Crippen LogP contribution in [0.2, 0.25) is 10.0 Å². The van der Waals surface area contributed by atoms with Gasteiger partial charge in [-0.05, 0) is 49.9 Å². The van der Waals surface area contributed by atoms with Gasteiger partial charge in [0.1, 0.15) is 26.6 Å². The van der Waals surface area contributed by atoms with Crippen LogP contribution in [-0.2, 0) is 22.4 Å². The first-order chi connectivity index (χ1) is 26.4. The molecule has 4 aromatic rings. The quantitative estimate of drug-likeness (QED) is 0.132. The van der Waals surface area contributed by atoms with Crippen LogP contribution in [0, 0.1) is 11.8 Å². The Hall–Kier alpha value is -4.19. The van der Waals surface area contributed by atoms with E-state index in [1.54, 1.807) is 18.2 Å². The third kappa shape index (κ3) is 15.2. The van der Waals surface area contributed by atoms with Gasteiger partial charge in [-0.15, -0.1) is 12.4 Å². The normalized spacial score (nSPS) is 15.2. The minimum atomic E-state index is -1.31. The number of carbonyl (C=O) groups excluding carboxylic acids is 4. The Balaban J connectivity index is 0.000000318. The van der Waals surface area contributed by atoms with E-state index in [1.165, 1.54) is 25.9 Å². The van der Waals surface area contributed by atoms with E-state index in [1.807, 2.05) is 0 Å². The van der Waals surface area contributed by atoms with Gasteiger partial charge in [0.2, 0.25) is 23.6 Å². The Morgan fingerprint density at radius 2 is 1.37 bits per heavy atom. The van der Waals surface area contributed by atoms with Gasteiger partial charge in [-0.3, -0.25) is 25.0 Å². The first-order valence-electron chi connectivity index (χ1n) is 16.5. The zero-order chi connectivity index (χ0) is 39.9. The standard InChI is InChI=1S/C17H18ClN5O3S.C10H14ClN3O.C7H6N2O3S.ClH.Li/c1-3-14(24)22-17-20-8-12(27-17)16(25)23-5-4-10(9-23)6-13-19-7-11(18)15(21-13)26-2;1-15-10-8(11)6-13-9(14-10)4-7-2-3-12-5-7;1-2-5(10)9-7-8-3-4(13-7)6(11)12;;/h3,7-8,10H,1,4-6,9H2,2H3,(H,20,22,24);6-7,12H,2-5H2,1H3;2-3H,1H2,(H,11,12)(H,8,9,10);1H;/q;;;;+1/p-1/t10-;7-;;;/m00.../s1. The molecule has 2 aliphatic heterocycles. The second kappa shape index (κ2) is 24.5. The van der Waals surface area contributed by atoms with Crippen LogP contribution in [0.5, 0.6) is 11.8 Å². The predicted molar refractivity (Wildman–Crippen MR) is 213 cm³/mol. The molecule has 6 heterocycles. The van der Waals surface area contributed by atoms with Crippen LogP contribution in [0.4, 0.5) is 10.3 Å². The molecule has 0 saturated carbocycles. The second-order valence-electron chi connectivity index (χ2n) is 11.7. The van der Waals surface area contributed by atoms with Crippen molar-refractivity contribution in [3.05, 3.63) is 81.5 Å². The molecule has 300 valence electrons. The zero-order valence-electron chi connectivity index (χ0n) is 31.2. The van der Waals surface area contributed by atoms with E-state index in [2.05, 4.69) is 59.0 Å². The van der Waals surface area contributed by atoms with Crippen LogP contribution in [0.25, 0.3) is 0 Å². The Morgan fingerprint density at radius 1 is 0.860 bits per heavy atom. The van der Waals surface area contributed by atoms with Crippen molar-refractivity contribution >= 4 is 92.2 Å². The molecule has 23 heteroatoms. The molecule has 0 bridgehead atoms. The van der Waals surface area contributed by atoms with E-state index in [-0.39, 0.29) is 59.0 Å². The average molecular weight is 876 g/mol. The number of hydrogen-bond donors (Lipinski definition) is 3. The summed E-state index contributed by atoms with van der Waals surface area (Å²) in [5.41, 5.74) is 0. The number of likely N-dealkylation sites (tertiary alicyclic amines) is 1. The van der Waals surface area contributed by atoms with Gasteiger partial charge in [0, 0.05) is 32.1 Å². The summed E-state index contributed by atoms with van der Waals surface area (Å²) in [5, 5.41) is 19.9. The monoisotopic (exact) mass is 874 g/mol. The summed E-state index contributed by atoms with van der Waals surface area (Å²) in [7, 11) is 3.07. The van der Waals surface area contributed by atoms with Crippen LogP contribution in [-0.4, -0.2) is 98.9 Å². The topological polar surface area (TPSA) is 226 Å². The van der Waals surface area contributed by atoms with Crippen LogP contribution in [0.15, 0.2) is 50.1 Å². The van der Waals surface area contributed by atoms with Crippen molar-refractivity contribution in [3.8, 4) is 11.8 Å². The molecule has 2 saturated heterocycles. The zero-order valence-corrected chi connectivity index (χ0v) is 35.1. The smallest absolute Gasteiger partial charge is 0.544 e. The van der Waals surface area contributed by atoms with Gasteiger partial charge in [-0.1, -0.05) is 59.0 Å². The number of carboxylic acids is 1. The van der Waals surface area contributed by atoms with Crippen molar-refractivity contribution in [1.29, 1.82) is 0 Å². The maximum absolute atomic E-state index is 12.7. The number of hydrogen-bond acceptors (Lipinski definition) is 16. The fraction of sp³-hybridized carbons (Fsp3) is 0.353. The Bertz CT molecular complexity index is 2000. The van der Waals surface area contributed by atoms with Gasteiger partial charge in [-0.2, -0.15) is 9.97 Å². The van der Waals surface area contributed by atoms with Crippen molar-refractivity contribution < 1.29 is 52.6 Å². The van der Waals surface area contributed by atoms with Gasteiger partial charge in [-0.25, -0.2) is 19.9 Å². The molecular weight excluding hydrogens is 838 g/mol. The van der Waals surface area contributed by atoms with Crippen LogP contribution in [0.1, 0.15) is 43.8 Å². The summed E-state index contributed by atoms with van der Waals surface area (Å²) in [6.07, 6.45) is 11.5. The summed E-state index contributed by atoms with van der Waals surface area (Å²) in [4.78, 5) is 71.9. The fourth-order valence-corrected chi connectivity index (χ4v) is 6.95. The van der Waals surface area contributed by atoms with E-state index in [9.17, 15) is 24.3 Å². The molecule has 2 atom stereocenters. The number of aromatic carboxylic acids is 1. The number of carboxylic acid groups (broad SMARTS) is 1. The van der Waals surface area contributed by atoms with Crippen LogP contribution >= 0.6 is 58.3 Å². The average Bonchev–Trinajstić information content (AvgIpc) is 4.03. The summed E-state index contributed by atoms with van der Waals surface area (Å²) >= 11 is 13.8. The van der Waals surface area contributed by atoms with Gasteiger partial charge in [0.25, 0.3) is 5.91 Å². The first-order valence-corrected chi connectivity index (χ1v) is 18.9. The van der Waals surface area contributed by atoms with Crippen molar-refractivity contribution in [2.75, 3.05) is 51.0 Å². The molecule has 57 heavy (non-hydrogen) atoms. The minimum Gasteiger partial charge on any atom is -0.544 e. The molecule has 0 aromatic carbocycles. The molecule has 17 nitrogen and oxygen atoms in total. The molecule has 3 N–H and O–H groups in total. The summed E-state index contributed by atoms with van der Waals surface area (Å²) < 4.78 is 10.2. The third-order valence-corrected chi connectivity index (χ3v) is 10.2. The molecule has 0 unspecified atom stereocenters. The van der Waals surface area contributed by atoms with Crippen molar-refractivity contribution in [2.45, 2.75) is 25.7 Å². The number of rotatable bonds is 12. The molecule has 0 spiro atoms. The van der Waals surface area contributed by atoms with Crippen LogP contribution in [0.3, 0.4) is 0 Å². The predicted octanol–water partition coefficient (Wildman–Crippen LogP) is 0.772. The summed E-state index contributed by atoms with van der Waals surface area (Å²) in [5.74, 6) is 0.970. The van der Waals surface area contributed by atoms with Crippen molar-refractivity contribution in [1.82, 2.24) is 40.1 Å². The maximum Gasteiger partial charge on any atom is 1.00 e. The molecule has 2 fully saturated rings. The third-order valence-electron chi connectivity index (χ3n) is 7.84. The van der Waals surface area contributed by atoms with E-state index in [0.29, 0.717) is 63.1 Å². The number of ether oxygens (including phenoxy) is 2. The molecule has 0 radical (unpaired) electrons. The Morgan fingerprint density at radius 3 is 1.82 bits per heavy atom. The van der Waals surface area contributed by atoms with Gasteiger partial charge < -0.3 is 29.6 Å². The Kier molecular flexibility index (Phi) is 21.1. The van der Waals surface area contributed by atoms with Gasteiger partial charge in [0.05, 0.1) is 43.7 Å². The number of nitrogens with zero attached hydrogens (tertiary/aromatic N) is 7. The molecule has 6 rings (SSSR count). The number of nitrogens with one attached hydrogen (secondary N) is 3. The number of thiazole rings is 2. The fourth-order valence-electron chi connectivity index (χ4n) is 5.17. The molecule has 4 aromatic heterocycles. The van der Waals surface area contributed by atoms with E-state index >= 15 is 0 Å². The van der Waals surface area contributed by atoms with E-state index in [0.717, 1.165) is 72.8 Å². The number of amides is 3. The van der Waals surface area contributed by atoms with E-state index < -0.39 is 11.9 Å². The number of carbonyl (C=O) groups is 4. The number of anilines is 2. The number of halogens is 3. The molecular formula is C34H38Cl3LiN10O7S2.